The molecule has 0 atom stereocenters. The summed E-state index contributed by atoms with van der Waals surface area (Å²) in [6.07, 6.45) is 4.79. The molecular weight excluding hydrogens is 328 g/mol. The van der Waals surface area contributed by atoms with Crippen LogP contribution in [0.4, 0.5) is 5.69 Å². The molecule has 2 amide bonds. The van der Waals surface area contributed by atoms with E-state index in [4.69, 9.17) is 0 Å². The Morgan fingerprint density at radius 2 is 1.77 bits per heavy atom. The second-order valence-corrected chi connectivity index (χ2v) is 5.79. The lowest BCUT2D eigenvalue weighted by atomic mass is 10.2. The normalized spacial score (nSPS) is 10.2. The predicted molar refractivity (Wildman–Crippen MR) is 98.8 cm³/mol. The van der Waals surface area contributed by atoms with Gasteiger partial charge in [-0.15, -0.1) is 0 Å². The number of amides is 2. The monoisotopic (exact) mass is 346 g/mol. The summed E-state index contributed by atoms with van der Waals surface area (Å²) < 4.78 is 0. The Labute approximate surface area is 151 Å². The lowest BCUT2D eigenvalue weighted by Crippen LogP contribution is -2.23. The zero-order chi connectivity index (χ0) is 18.4. The van der Waals surface area contributed by atoms with Gasteiger partial charge in [0, 0.05) is 36.4 Å². The fraction of sp³-hybridized carbons (Fsp3) is 0.100. The van der Waals surface area contributed by atoms with E-state index < -0.39 is 0 Å². The molecular formula is C20H18N4O2. The third-order valence-corrected chi connectivity index (χ3v) is 3.73. The number of hydrogen-bond acceptors (Lipinski definition) is 4. The zero-order valence-corrected chi connectivity index (χ0v) is 14.3. The fourth-order valence-corrected chi connectivity index (χ4v) is 2.40. The maximum absolute atomic E-state index is 12.4. The van der Waals surface area contributed by atoms with E-state index >= 15 is 0 Å². The van der Waals surface area contributed by atoms with Gasteiger partial charge in [0.2, 0.25) is 0 Å². The van der Waals surface area contributed by atoms with Gasteiger partial charge in [-0.3, -0.25) is 19.6 Å². The number of benzene rings is 1. The van der Waals surface area contributed by atoms with Gasteiger partial charge in [0.15, 0.2) is 0 Å². The van der Waals surface area contributed by atoms with Crippen molar-refractivity contribution in [3.05, 3.63) is 89.5 Å². The summed E-state index contributed by atoms with van der Waals surface area (Å²) in [4.78, 5) is 32.7. The molecule has 0 spiro atoms. The summed E-state index contributed by atoms with van der Waals surface area (Å²) in [7, 11) is 0. The Kier molecular flexibility index (Phi) is 5.34. The Bertz CT molecular complexity index is 926. The van der Waals surface area contributed by atoms with Crippen molar-refractivity contribution in [2.45, 2.75) is 13.5 Å². The van der Waals surface area contributed by atoms with Gasteiger partial charge in [0.25, 0.3) is 11.8 Å². The molecule has 1 aromatic carbocycles. The topological polar surface area (TPSA) is 84.0 Å². The summed E-state index contributed by atoms with van der Waals surface area (Å²) in [6, 6.07) is 14.2. The SMILES string of the molecule is Cc1cccc(NC(=O)c2cc(C(=O)NCc3ccncc3)ccn2)c1. The number of carbonyl (C=O) groups is 2. The van der Waals surface area contributed by atoms with Crippen molar-refractivity contribution in [2.24, 2.45) is 0 Å². The van der Waals surface area contributed by atoms with Crippen LogP contribution in [0.15, 0.2) is 67.1 Å². The van der Waals surface area contributed by atoms with E-state index in [0.717, 1.165) is 11.1 Å². The molecule has 3 aromatic rings. The minimum Gasteiger partial charge on any atom is -0.348 e. The van der Waals surface area contributed by atoms with Gasteiger partial charge in [-0.05, 0) is 54.4 Å². The van der Waals surface area contributed by atoms with Crippen LogP contribution in [0.2, 0.25) is 0 Å². The van der Waals surface area contributed by atoms with Crippen LogP contribution in [0.3, 0.4) is 0 Å². The zero-order valence-electron chi connectivity index (χ0n) is 14.3. The third kappa shape index (κ3) is 4.51. The number of aryl methyl sites for hydroxylation is 1. The van der Waals surface area contributed by atoms with Crippen LogP contribution in [0.1, 0.15) is 32.0 Å². The first-order chi connectivity index (χ1) is 12.6. The summed E-state index contributed by atoms with van der Waals surface area (Å²) >= 11 is 0. The van der Waals surface area contributed by atoms with Crippen LogP contribution >= 0.6 is 0 Å². The largest absolute Gasteiger partial charge is 0.348 e. The lowest BCUT2D eigenvalue weighted by Gasteiger charge is -2.08. The molecule has 6 nitrogen and oxygen atoms in total. The van der Waals surface area contributed by atoms with E-state index in [2.05, 4.69) is 20.6 Å². The quantitative estimate of drug-likeness (QED) is 0.744. The molecule has 0 aliphatic rings. The summed E-state index contributed by atoms with van der Waals surface area (Å²) in [5.74, 6) is -0.631. The van der Waals surface area contributed by atoms with Gasteiger partial charge in [0.1, 0.15) is 5.69 Å². The molecule has 3 rings (SSSR count). The van der Waals surface area contributed by atoms with Crippen molar-refractivity contribution < 1.29 is 9.59 Å². The Hall–Kier alpha value is -3.54. The first-order valence-corrected chi connectivity index (χ1v) is 8.13. The molecule has 0 fully saturated rings. The van der Waals surface area contributed by atoms with Crippen molar-refractivity contribution >= 4 is 17.5 Å². The number of aromatic nitrogens is 2. The Morgan fingerprint density at radius 1 is 0.962 bits per heavy atom. The average molecular weight is 346 g/mol. The van der Waals surface area contributed by atoms with Crippen molar-refractivity contribution in [1.82, 2.24) is 15.3 Å². The van der Waals surface area contributed by atoms with Gasteiger partial charge >= 0.3 is 0 Å². The summed E-state index contributed by atoms with van der Waals surface area (Å²) in [5, 5.41) is 5.60. The van der Waals surface area contributed by atoms with E-state index in [1.807, 2.05) is 37.3 Å². The fourth-order valence-electron chi connectivity index (χ4n) is 2.40. The molecule has 0 bridgehead atoms. The molecule has 0 saturated heterocycles. The van der Waals surface area contributed by atoms with Crippen molar-refractivity contribution in [3.8, 4) is 0 Å². The number of nitrogens with one attached hydrogen (secondary N) is 2. The van der Waals surface area contributed by atoms with Crippen molar-refractivity contribution in [2.75, 3.05) is 5.32 Å². The first-order valence-electron chi connectivity index (χ1n) is 8.13. The summed E-state index contributed by atoms with van der Waals surface area (Å²) in [6.45, 7) is 2.33. The molecule has 0 aliphatic heterocycles. The minimum absolute atomic E-state index is 0.183. The van der Waals surface area contributed by atoms with Gasteiger partial charge in [0.05, 0.1) is 0 Å². The van der Waals surface area contributed by atoms with Crippen LogP contribution in [0.25, 0.3) is 0 Å². The molecule has 2 heterocycles. The van der Waals surface area contributed by atoms with Crippen LogP contribution in [-0.4, -0.2) is 21.8 Å². The number of rotatable bonds is 5. The van der Waals surface area contributed by atoms with Crippen molar-refractivity contribution in [3.63, 3.8) is 0 Å². The molecule has 130 valence electrons. The highest BCUT2D eigenvalue weighted by molar-refractivity contribution is 6.04. The van der Waals surface area contributed by atoms with Gasteiger partial charge in [-0.25, -0.2) is 0 Å². The maximum atomic E-state index is 12.4. The van der Waals surface area contributed by atoms with Crippen LogP contribution in [0.5, 0.6) is 0 Å². The molecule has 2 aromatic heterocycles. The van der Waals surface area contributed by atoms with E-state index in [1.165, 1.54) is 12.3 Å². The second-order valence-electron chi connectivity index (χ2n) is 5.79. The predicted octanol–water partition coefficient (Wildman–Crippen LogP) is 2.97. The first kappa shape index (κ1) is 17.3. The highest BCUT2D eigenvalue weighted by atomic mass is 16.2. The lowest BCUT2D eigenvalue weighted by molar-refractivity contribution is 0.0950. The second kappa shape index (κ2) is 8.02. The summed E-state index contributed by atoms with van der Waals surface area (Å²) in [5.41, 5.74) is 3.23. The van der Waals surface area contributed by atoms with Gasteiger partial charge in [-0.1, -0.05) is 12.1 Å². The number of nitrogens with zero attached hydrogens (tertiary/aromatic N) is 2. The molecule has 26 heavy (non-hydrogen) atoms. The molecule has 0 saturated carbocycles. The number of pyridine rings is 2. The molecule has 0 radical (unpaired) electrons. The molecule has 0 aliphatic carbocycles. The highest BCUT2D eigenvalue weighted by Crippen LogP contribution is 2.11. The number of anilines is 1. The minimum atomic E-state index is -0.362. The number of carbonyl (C=O) groups excluding carboxylic acids is 2. The van der Waals surface area contributed by atoms with Gasteiger partial charge in [-0.2, -0.15) is 0 Å². The third-order valence-electron chi connectivity index (χ3n) is 3.73. The molecule has 2 N–H and O–H groups in total. The Morgan fingerprint density at radius 3 is 2.54 bits per heavy atom. The highest BCUT2D eigenvalue weighted by Gasteiger charge is 2.12. The van der Waals surface area contributed by atoms with E-state index in [1.54, 1.807) is 24.5 Å². The van der Waals surface area contributed by atoms with E-state index in [0.29, 0.717) is 17.8 Å². The average Bonchev–Trinajstić information content (AvgIpc) is 2.67. The molecule has 0 unspecified atom stereocenters. The number of hydrogen-bond donors (Lipinski definition) is 2. The van der Waals surface area contributed by atoms with E-state index in [9.17, 15) is 9.59 Å². The molecule has 6 heteroatoms. The standard InChI is InChI=1S/C20H18N4O2/c1-14-3-2-4-17(11-14)24-20(26)18-12-16(7-10-22-18)19(25)23-13-15-5-8-21-9-6-15/h2-12H,13H2,1H3,(H,23,25)(H,24,26). The van der Waals surface area contributed by atoms with E-state index in [-0.39, 0.29) is 17.5 Å². The Balaban J connectivity index is 1.67. The maximum Gasteiger partial charge on any atom is 0.274 e. The van der Waals surface area contributed by atoms with Gasteiger partial charge < -0.3 is 10.6 Å². The smallest absolute Gasteiger partial charge is 0.274 e. The van der Waals surface area contributed by atoms with Crippen molar-refractivity contribution in [1.29, 1.82) is 0 Å². The van der Waals surface area contributed by atoms with Crippen LogP contribution < -0.4 is 10.6 Å². The van der Waals surface area contributed by atoms with Crippen LogP contribution in [-0.2, 0) is 6.54 Å². The van der Waals surface area contributed by atoms with Crippen LogP contribution in [0, 0.1) is 6.92 Å².